The van der Waals surface area contributed by atoms with Gasteiger partial charge in [0.2, 0.25) is 5.91 Å². The van der Waals surface area contributed by atoms with Crippen LogP contribution in [-0.2, 0) is 9.59 Å². The zero-order valence-electron chi connectivity index (χ0n) is 10.8. The van der Waals surface area contributed by atoms with Crippen molar-refractivity contribution < 1.29 is 14.3 Å². The van der Waals surface area contributed by atoms with Crippen LogP contribution < -0.4 is 10.1 Å². The molecule has 5 nitrogen and oxygen atoms in total. The van der Waals surface area contributed by atoms with E-state index in [1.54, 1.807) is 19.3 Å². The van der Waals surface area contributed by atoms with Crippen LogP contribution >= 0.6 is 27.7 Å². The molecule has 1 aromatic rings. The molecule has 7 heteroatoms. The molecule has 1 aliphatic heterocycles. The molecule has 1 aliphatic rings. The van der Waals surface area contributed by atoms with Gasteiger partial charge in [-0.25, -0.2) is 0 Å². The molecule has 2 rings (SSSR count). The summed E-state index contributed by atoms with van der Waals surface area (Å²) in [6.45, 7) is 1.37. The summed E-state index contributed by atoms with van der Waals surface area (Å²) in [7, 11) is 1.56. The fourth-order valence-electron chi connectivity index (χ4n) is 1.57. The molecule has 0 saturated carbocycles. The molecule has 1 heterocycles. The summed E-state index contributed by atoms with van der Waals surface area (Å²) in [6.07, 6.45) is 1.69. The van der Waals surface area contributed by atoms with E-state index >= 15 is 0 Å². The third-order valence-electron chi connectivity index (χ3n) is 2.38. The van der Waals surface area contributed by atoms with Gasteiger partial charge < -0.3 is 10.1 Å². The Morgan fingerprint density at radius 1 is 1.50 bits per heavy atom. The van der Waals surface area contributed by atoms with Crippen LogP contribution in [0.5, 0.6) is 5.75 Å². The Morgan fingerprint density at radius 3 is 2.90 bits per heavy atom. The molecule has 0 radical (unpaired) electrons. The van der Waals surface area contributed by atoms with Crippen LogP contribution in [-0.4, -0.2) is 24.1 Å². The van der Waals surface area contributed by atoms with Gasteiger partial charge in [0.1, 0.15) is 5.75 Å². The largest absolute Gasteiger partial charge is 0.496 e. The second-order valence-electron chi connectivity index (χ2n) is 3.90. The van der Waals surface area contributed by atoms with Gasteiger partial charge in [-0.3, -0.25) is 9.59 Å². The normalized spacial score (nSPS) is 16.2. The van der Waals surface area contributed by atoms with Crippen molar-refractivity contribution in [3.05, 3.63) is 33.1 Å². The van der Waals surface area contributed by atoms with Gasteiger partial charge in [0.05, 0.1) is 12.0 Å². The van der Waals surface area contributed by atoms with Crippen LogP contribution in [0, 0.1) is 0 Å². The Hall–Kier alpha value is -1.60. The number of thioether (sulfide) groups is 1. The predicted octanol–water partition coefficient (Wildman–Crippen LogP) is 2.56. The van der Waals surface area contributed by atoms with E-state index in [-0.39, 0.29) is 11.8 Å². The fourth-order valence-corrected chi connectivity index (χ4v) is 2.80. The van der Waals surface area contributed by atoms with Crippen molar-refractivity contribution in [3.8, 4) is 5.75 Å². The first-order valence-electron chi connectivity index (χ1n) is 5.63. The van der Waals surface area contributed by atoms with Gasteiger partial charge in [-0.1, -0.05) is 15.9 Å². The SMILES string of the molecule is COc1ccc(Br)cc1/C=C1/SC(NC(C)=O)=NC1=O. The average molecular weight is 355 g/mol. The second kappa shape index (κ2) is 6.23. The molecule has 1 aromatic carbocycles. The highest BCUT2D eigenvalue weighted by atomic mass is 79.9. The van der Waals surface area contributed by atoms with E-state index in [0.717, 1.165) is 21.8 Å². The van der Waals surface area contributed by atoms with Crippen LogP contribution in [0.3, 0.4) is 0 Å². The predicted molar refractivity (Wildman–Crippen MR) is 82.5 cm³/mol. The highest BCUT2D eigenvalue weighted by Crippen LogP contribution is 2.31. The van der Waals surface area contributed by atoms with E-state index in [1.165, 1.54) is 6.92 Å². The third kappa shape index (κ3) is 3.49. The van der Waals surface area contributed by atoms with E-state index in [1.807, 2.05) is 12.1 Å². The number of aliphatic imine (C=N–C) groups is 1. The first-order chi connectivity index (χ1) is 9.49. The zero-order valence-corrected chi connectivity index (χ0v) is 13.2. The number of hydrogen-bond donors (Lipinski definition) is 1. The van der Waals surface area contributed by atoms with Gasteiger partial charge in [0.25, 0.3) is 5.91 Å². The number of nitrogens with zero attached hydrogens (tertiary/aromatic N) is 1. The Bertz CT molecular complexity index is 641. The van der Waals surface area contributed by atoms with Crippen LogP contribution in [0.2, 0.25) is 0 Å². The Kier molecular flexibility index (Phi) is 4.61. The second-order valence-corrected chi connectivity index (χ2v) is 5.85. The summed E-state index contributed by atoms with van der Waals surface area (Å²) in [5, 5.41) is 2.79. The van der Waals surface area contributed by atoms with Crippen molar-refractivity contribution in [2.45, 2.75) is 6.92 Å². The molecule has 0 saturated heterocycles. The quantitative estimate of drug-likeness (QED) is 0.828. The maximum atomic E-state index is 11.8. The lowest BCUT2D eigenvalue weighted by atomic mass is 10.2. The molecule has 1 N–H and O–H groups in total. The topological polar surface area (TPSA) is 67.8 Å². The summed E-state index contributed by atoms with van der Waals surface area (Å²) < 4.78 is 6.12. The number of carbonyl (C=O) groups excluding carboxylic acids is 2. The number of benzene rings is 1. The van der Waals surface area contributed by atoms with Crippen molar-refractivity contribution in [3.63, 3.8) is 0 Å². The third-order valence-corrected chi connectivity index (χ3v) is 3.77. The van der Waals surface area contributed by atoms with Crippen molar-refractivity contribution in [1.29, 1.82) is 0 Å². The zero-order chi connectivity index (χ0) is 14.7. The number of nitrogens with one attached hydrogen (secondary N) is 1. The number of rotatable bonds is 2. The summed E-state index contributed by atoms with van der Waals surface area (Å²) >= 11 is 4.50. The van der Waals surface area contributed by atoms with Crippen molar-refractivity contribution >= 4 is 50.7 Å². The fraction of sp³-hybridized carbons (Fsp3) is 0.154. The van der Waals surface area contributed by atoms with Crippen molar-refractivity contribution in [1.82, 2.24) is 5.32 Å². The smallest absolute Gasteiger partial charge is 0.286 e. The first kappa shape index (κ1) is 14.8. The first-order valence-corrected chi connectivity index (χ1v) is 7.24. The molecule has 0 aromatic heterocycles. The van der Waals surface area contributed by atoms with Gasteiger partial charge in [-0.05, 0) is 36.0 Å². The maximum absolute atomic E-state index is 11.8. The van der Waals surface area contributed by atoms with Gasteiger partial charge >= 0.3 is 0 Å². The Morgan fingerprint density at radius 2 is 2.25 bits per heavy atom. The highest BCUT2D eigenvalue weighted by molar-refractivity contribution is 9.10. The summed E-state index contributed by atoms with van der Waals surface area (Å²) in [5.74, 6) is 0.0215. The van der Waals surface area contributed by atoms with Gasteiger partial charge in [-0.15, -0.1) is 0 Å². The molecule has 0 fully saturated rings. The van der Waals surface area contributed by atoms with Crippen molar-refractivity contribution in [2.24, 2.45) is 4.99 Å². The Balaban J connectivity index is 2.27. The average Bonchev–Trinajstić information content (AvgIpc) is 2.69. The number of methoxy groups -OCH3 is 1. The highest BCUT2D eigenvalue weighted by Gasteiger charge is 2.22. The number of amides is 2. The van der Waals surface area contributed by atoms with Gasteiger partial charge in [-0.2, -0.15) is 4.99 Å². The van der Waals surface area contributed by atoms with E-state index in [4.69, 9.17) is 4.74 Å². The number of hydrogen-bond acceptors (Lipinski definition) is 4. The van der Waals surface area contributed by atoms with E-state index < -0.39 is 0 Å². The van der Waals surface area contributed by atoms with Crippen LogP contribution in [0.4, 0.5) is 0 Å². The molecule has 104 valence electrons. The molecule has 0 atom stereocenters. The lowest BCUT2D eigenvalue weighted by Gasteiger charge is -2.05. The standard InChI is InChI=1S/C13H11BrN2O3S/c1-7(17)15-13-16-12(18)11(20-13)6-8-5-9(14)3-4-10(8)19-2/h3-6H,1-2H3,(H,15,16,17,18)/b11-6+. The van der Waals surface area contributed by atoms with E-state index in [9.17, 15) is 9.59 Å². The molecule has 0 spiro atoms. The molecule has 0 unspecified atom stereocenters. The molecule has 20 heavy (non-hydrogen) atoms. The summed E-state index contributed by atoms with van der Waals surface area (Å²) in [5.41, 5.74) is 0.761. The molecule has 0 aliphatic carbocycles. The molecular weight excluding hydrogens is 344 g/mol. The number of amidine groups is 1. The van der Waals surface area contributed by atoms with Crippen LogP contribution in [0.1, 0.15) is 12.5 Å². The minimum atomic E-state index is -0.374. The minimum Gasteiger partial charge on any atom is -0.496 e. The lowest BCUT2D eigenvalue weighted by molar-refractivity contribution is -0.117. The van der Waals surface area contributed by atoms with Crippen molar-refractivity contribution in [2.75, 3.05) is 7.11 Å². The molecular formula is C13H11BrN2O3S. The van der Waals surface area contributed by atoms with E-state index in [0.29, 0.717) is 15.8 Å². The minimum absolute atomic E-state index is 0.259. The summed E-state index contributed by atoms with van der Waals surface area (Å²) in [6, 6.07) is 5.50. The van der Waals surface area contributed by atoms with Crippen LogP contribution in [0.15, 0.2) is 32.6 Å². The number of carbonyl (C=O) groups is 2. The lowest BCUT2D eigenvalue weighted by Crippen LogP contribution is -2.23. The van der Waals surface area contributed by atoms with Crippen LogP contribution in [0.25, 0.3) is 6.08 Å². The van der Waals surface area contributed by atoms with Gasteiger partial charge in [0, 0.05) is 17.0 Å². The Labute approximate surface area is 128 Å². The number of halogens is 1. The van der Waals surface area contributed by atoms with Gasteiger partial charge in [0.15, 0.2) is 5.17 Å². The maximum Gasteiger partial charge on any atom is 0.286 e. The molecule has 2 amide bonds. The number of ether oxygens (including phenoxy) is 1. The van der Waals surface area contributed by atoms with E-state index in [2.05, 4.69) is 26.2 Å². The summed E-state index contributed by atoms with van der Waals surface area (Å²) in [4.78, 5) is 26.9. The monoisotopic (exact) mass is 354 g/mol. The molecule has 0 bridgehead atoms.